The molecule has 1 heterocycles. The van der Waals surface area contributed by atoms with Gasteiger partial charge < -0.3 is 39.0 Å². The number of aliphatic carboxylic acids is 1. The summed E-state index contributed by atoms with van der Waals surface area (Å²) in [6, 6.07) is 0. The van der Waals surface area contributed by atoms with Crippen molar-refractivity contribution in [1.29, 1.82) is 0 Å². The topological polar surface area (TPSA) is 175 Å². The monoisotopic (exact) mass is 1070 g/mol. The molecule has 1 aliphatic heterocycles. The van der Waals surface area contributed by atoms with Gasteiger partial charge in [-0.1, -0.05) is 213 Å². The molecule has 77 heavy (non-hydrogen) atoms. The summed E-state index contributed by atoms with van der Waals surface area (Å²) < 4.78 is 28.3. The van der Waals surface area contributed by atoms with Gasteiger partial charge in [0, 0.05) is 19.3 Å². The first-order valence-corrected chi connectivity index (χ1v) is 29.5. The fraction of sp³-hybridized carbons (Fsp3) is 0.631. The lowest BCUT2D eigenvalue weighted by Crippen LogP contribution is -2.61. The number of allylic oxidation sites excluding steroid dienone is 20. The Balaban J connectivity index is 2.73. The van der Waals surface area contributed by atoms with Gasteiger partial charge in [-0.2, -0.15) is 0 Å². The van der Waals surface area contributed by atoms with Crippen LogP contribution >= 0.6 is 0 Å². The summed E-state index contributed by atoms with van der Waals surface area (Å²) in [5, 5.41) is 31.5. The fourth-order valence-electron chi connectivity index (χ4n) is 8.08. The van der Waals surface area contributed by atoms with Crippen LogP contribution in [0.3, 0.4) is 0 Å². The predicted octanol–water partition coefficient (Wildman–Crippen LogP) is 15.2. The van der Waals surface area contributed by atoms with Crippen molar-refractivity contribution < 1.29 is 58.2 Å². The van der Waals surface area contributed by atoms with Crippen LogP contribution in [-0.4, -0.2) is 89.2 Å². The second-order valence-corrected chi connectivity index (χ2v) is 19.5. The van der Waals surface area contributed by atoms with Crippen LogP contribution in [0.15, 0.2) is 122 Å². The Hall–Kier alpha value is -4.88. The van der Waals surface area contributed by atoms with E-state index in [4.69, 9.17) is 23.7 Å². The standard InChI is InChI=1S/C65H102O12/c1-4-7-10-13-16-19-22-24-26-28-29-31-33-35-38-41-44-47-50-53-59(68)76-63-61(70)60(69)62(64(71)72)77-65(63)74-55-56(75-58(67)52-49-46-43-40-36-21-18-15-12-9-6-3)54-73-57(66)51-48-45-42-39-37-34-32-30-27-25-23-20-17-14-11-8-5-2/h7-8,10-11,16-17,19-20,24-27,29,31-32,34-35,38-39,42,56,60-63,65,69-70H,4-6,9,12-15,18,21-23,28,30,33,36-37,40-41,43-55H2,1-3H3,(H,71,72)/b10-7-,11-8-,19-16-,20-17-,26-24-,27-25-,31-29-,34-32-,38-35-,42-39-. The molecule has 0 aliphatic carbocycles. The second-order valence-electron chi connectivity index (χ2n) is 19.5. The van der Waals surface area contributed by atoms with Gasteiger partial charge in [0.15, 0.2) is 24.6 Å². The summed E-state index contributed by atoms with van der Waals surface area (Å²) >= 11 is 0. The quantitative estimate of drug-likeness (QED) is 0.0228. The van der Waals surface area contributed by atoms with Gasteiger partial charge in [-0.15, -0.1) is 0 Å². The van der Waals surface area contributed by atoms with Gasteiger partial charge in [0.25, 0.3) is 0 Å². The summed E-state index contributed by atoms with van der Waals surface area (Å²) in [6.45, 7) is 5.68. The van der Waals surface area contributed by atoms with E-state index in [0.29, 0.717) is 25.7 Å². The van der Waals surface area contributed by atoms with Crippen molar-refractivity contribution in [3.8, 4) is 0 Å². The Morgan fingerprint density at radius 3 is 1.29 bits per heavy atom. The second kappa shape index (κ2) is 51.9. The Morgan fingerprint density at radius 2 is 0.831 bits per heavy atom. The summed E-state index contributed by atoms with van der Waals surface area (Å²) in [4.78, 5) is 51.1. The lowest BCUT2D eigenvalue weighted by molar-refractivity contribution is -0.301. The zero-order chi connectivity index (χ0) is 56.1. The summed E-state index contributed by atoms with van der Waals surface area (Å²) in [6.07, 6.45) is 58.9. The molecule has 0 radical (unpaired) electrons. The first kappa shape index (κ1) is 70.1. The Bertz CT molecular complexity index is 1800. The minimum Gasteiger partial charge on any atom is -0.479 e. The highest BCUT2D eigenvalue weighted by atomic mass is 16.7. The minimum atomic E-state index is -1.93. The Labute approximate surface area is 465 Å². The van der Waals surface area contributed by atoms with E-state index in [9.17, 15) is 34.5 Å². The SMILES string of the molecule is CC/C=C\C/C=C\C/C=C\C/C=C\C/C=C\CCCCCC(=O)OC1C(OCC(COC(=O)CCC/C=C\C/C=C\C/C=C\C/C=C\C/C=C\CC)OC(=O)CCCCCCCCCCCCC)OC(C(=O)O)C(O)C1O. The number of esters is 3. The molecule has 0 saturated carbocycles. The first-order chi connectivity index (χ1) is 37.6. The molecule has 0 aromatic carbocycles. The van der Waals surface area contributed by atoms with E-state index < -0.39 is 67.3 Å². The smallest absolute Gasteiger partial charge is 0.335 e. The van der Waals surface area contributed by atoms with E-state index in [0.717, 1.165) is 103 Å². The molecular formula is C65H102O12. The summed E-state index contributed by atoms with van der Waals surface area (Å²) in [5.74, 6) is -3.25. The Morgan fingerprint density at radius 1 is 0.442 bits per heavy atom. The van der Waals surface area contributed by atoms with Crippen molar-refractivity contribution in [2.45, 2.75) is 250 Å². The first-order valence-electron chi connectivity index (χ1n) is 29.5. The number of aliphatic hydroxyl groups is 2. The number of aliphatic hydroxyl groups excluding tert-OH is 2. The molecule has 6 atom stereocenters. The zero-order valence-electron chi connectivity index (χ0n) is 47.7. The molecule has 0 aromatic heterocycles. The Kier molecular flexibility index (Phi) is 47.2. The maximum atomic E-state index is 13.1. The van der Waals surface area contributed by atoms with Crippen LogP contribution in [-0.2, 0) is 42.9 Å². The maximum Gasteiger partial charge on any atom is 0.335 e. The van der Waals surface area contributed by atoms with E-state index in [-0.39, 0.29) is 25.9 Å². The van der Waals surface area contributed by atoms with Crippen LogP contribution in [0, 0.1) is 0 Å². The van der Waals surface area contributed by atoms with Gasteiger partial charge in [0.05, 0.1) is 6.61 Å². The minimum absolute atomic E-state index is 0.0103. The summed E-state index contributed by atoms with van der Waals surface area (Å²) in [5.41, 5.74) is 0. The number of ether oxygens (including phenoxy) is 5. The van der Waals surface area contributed by atoms with Crippen molar-refractivity contribution >= 4 is 23.9 Å². The van der Waals surface area contributed by atoms with Gasteiger partial charge >= 0.3 is 23.9 Å². The van der Waals surface area contributed by atoms with Gasteiger partial charge in [0.2, 0.25) is 0 Å². The molecule has 1 aliphatic rings. The molecule has 0 bridgehead atoms. The molecule has 0 spiro atoms. The molecule has 1 saturated heterocycles. The van der Waals surface area contributed by atoms with E-state index in [1.54, 1.807) is 0 Å². The largest absolute Gasteiger partial charge is 0.479 e. The third-order valence-electron chi connectivity index (χ3n) is 12.5. The van der Waals surface area contributed by atoms with Crippen LogP contribution in [0.5, 0.6) is 0 Å². The van der Waals surface area contributed by atoms with Crippen molar-refractivity contribution in [3.05, 3.63) is 122 Å². The van der Waals surface area contributed by atoms with Gasteiger partial charge in [-0.05, 0) is 103 Å². The summed E-state index contributed by atoms with van der Waals surface area (Å²) in [7, 11) is 0. The van der Waals surface area contributed by atoms with E-state index in [1.165, 1.54) is 44.9 Å². The molecule has 12 nitrogen and oxygen atoms in total. The van der Waals surface area contributed by atoms with Crippen LogP contribution < -0.4 is 0 Å². The number of unbranched alkanes of at least 4 members (excludes halogenated alkanes) is 14. The zero-order valence-corrected chi connectivity index (χ0v) is 47.7. The number of carbonyl (C=O) groups is 4. The molecule has 434 valence electrons. The van der Waals surface area contributed by atoms with Crippen molar-refractivity contribution in [3.63, 3.8) is 0 Å². The van der Waals surface area contributed by atoms with Crippen molar-refractivity contribution in [2.75, 3.05) is 13.2 Å². The van der Waals surface area contributed by atoms with Crippen molar-refractivity contribution in [2.24, 2.45) is 0 Å². The van der Waals surface area contributed by atoms with Gasteiger partial charge in [-0.3, -0.25) is 14.4 Å². The normalized spacial score (nSPS) is 18.9. The number of rotatable bonds is 48. The highest BCUT2D eigenvalue weighted by Crippen LogP contribution is 2.26. The fourth-order valence-corrected chi connectivity index (χ4v) is 8.08. The van der Waals surface area contributed by atoms with E-state index >= 15 is 0 Å². The molecule has 6 unspecified atom stereocenters. The number of carboxylic acid groups (broad SMARTS) is 1. The molecule has 1 fully saturated rings. The van der Waals surface area contributed by atoms with E-state index in [1.807, 2.05) is 6.08 Å². The maximum absolute atomic E-state index is 13.1. The number of carboxylic acids is 1. The number of hydrogen-bond donors (Lipinski definition) is 3. The van der Waals surface area contributed by atoms with E-state index in [2.05, 4.69) is 136 Å². The number of hydrogen-bond acceptors (Lipinski definition) is 11. The van der Waals surface area contributed by atoms with Gasteiger partial charge in [-0.25, -0.2) is 4.79 Å². The number of carbonyl (C=O) groups excluding carboxylic acids is 3. The molecule has 12 heteroatoms. The van der Waals surface area contributed by atoms with Crippen LogP contribution in [0.1, 0.15) is 213 Å². The molecule has 0 amide bonds. The molecular weight excluding hydrogens is 973 g/mol. The van der Waals surface area contributed by atoms with Crippen LogP contribution in [0.2, 0.25) is 0 Å². The van der Waals surface area contributed by atoms with Crippen LogP contribution in [0.25, 0.3) is 0 Å². The third-order valence-corrected chi connectivity index (χ3v) is 12.5. The lowest BCUT2D eigenvalue weighted by Gasteiger charge is -2.40. The predicted molar refractivity (Wildman–Crippen MR) is 312 cm³/mol. The average Bonchev–Trinajstić information content (AvgIpc) is 3.42. The van der Waals surface area contributed by atoms with Crippen LogP contribution in [0.4, 0.5) is 0 Å². The lowest BCUT2D eigenvalue weighted by atomic mass is 9.98. The molecule has 3 N–H and O–H groups in total. The van der Waals surface area contributed by atoms with Gasteiger partial charge in [0.1, 0.15) is 18.8 Å². The molecule has 0 aromatic rings. The highest BCUT2D eigenvalue weighted by Gasteiger charge is 2.50. The third kappa shape index (κ3) is 41.8. The average molecular weight is 1080 g/mol. The van der Waals surface area contributed by atoms with Crippen molar-refractivity contribution in [1.82, 2.24) is 0 Å². The molecule has 1 rings (SSSR count). The highest BCUT2D eigenvalue weighted by molar-refractivity contribution is 5.74.